The summed E-state index contributed by atoms with van der Waals surface area (Å²) in [5.74, 6) is -0.570. The Morgan fingerprint density at radius 3 is 2.41 bits per heavy atom. The molecule has 0 radical (unpaired) electrons. The van der Waals surface area contributed by atoms with Crippen LogP contribution in [0.1, 0.15) is 27.1 Å². The Balaban J connectivity index is 2.08. The van der Waals surface area contributed by atoms with E-state index in [4.69, 9.17) is 9.47 Å². The fourth-order valence-corrected chi connectivity index (χ4v) is 1.93. The average molecular weight is 300 g/mol. The SMILES string of the molecule is COCOc1ccc(C(=O)CC(=O)c2ccccc2)c(O)c1. The van der Waals surface area contributed by atoms with E-state index in [-0.39, 0.29) is 30.3 Å². The van der Waals surface area contributed by atoms with Crippen LogP contribution in [0.25, 0.3) is 0 Å². The molecule has 5 nitrogen and oxygen atoms in total. The number of carbonyl (C=O) groups is 2. The van der Waals surface area contributed by atoms with Gasteiger partial charge in [-0.15, -0.1) is 0 Å². The summed E-state index contributed by atoms with van der Waals surface area (Å²) in [4.78, 5) is 24.1. The van der Waals surface area contributed by atoms with E-state index in [9.17, 15) is 14.7 Å². The minimum absolute atomic E-state index is 0.0409. The van der Waals surface area contributed by atoms with Crippen molar-refractivity contribution in [1.29, 1.82) is 0 Å². The molecule has 2 aromatic rings. The number of phenolic OH excluding ortho intramolecular Hbond substituents is 1. The van der Waals surface area contributed by atoms with Crippen molar-refractivity contribution in [2.75, 3.05) is 13.9 Å². The van der Waals surface area contributed by atoms with E-state index in [1.54, 1.807) is 36.4 Å². The molecule has 0 unspecified atom stereocenters. The van der Waals surface area contributed by atoms with Crippen LogP contribution in [0.15, 0.2) is 48.5 Å². The number of ether oxygens (including phenoxy) is 2. The van der Waals surface area contributed by atoms with E-state index >= 15 is 0 Å². The average Bonchev–Trinajstić information content (AvgIpc) is 2.53. The summed E-state index contributed by atoms with van der Waals surface area (Å²) in [5.41, 5.74) is 0.560. The summed E-state index contributed by atoms with van der Waals surface area (Å²) in [5, 5.41) is 9.89. The minimum atomic E-state index is -0.440. The fraction of sp³-hybridized carbons (Fsp3) is 0.176. The number of benzene rings is 2. The zero-order chi connectivity index (χ0) is 15.9. The van der Waals surface area contributed by atoms with Gasteiger partial charge in [0.05, 0.1) is 12.0 Å². The molecule has 0 aliphatic heterocycles. The van der Waals surface area contributed by atoms with Gasteiger partial charge in [-0.1, -0.05) is 30.3 Å². The molecular weight excluding hydrogens is 284 g/mol. The second kappa shape index (κ2) is 7.38. The van der Waals surface area contributed by atoms with Gasteiger partial charge in [-0.25, -0.2) is 0 Å². The van der Waals surface area contributed by atoms with Crippen LogP contribution in [-0.2, 0) is 4.74 Å². The highest BCUT2D eigenvalue weighted by molar-refractivity contribution is 6.14. The van der Waals surface area contributed by atoms with Gasteiger partial charge in [0, 0.05) is 18.7 Å². The van der Waals surface area contributed by atoms with Crippen molar-refractivity contribution in [2.24, 2.45) is 0 Å². The number of phenols is 1. The van der Waals surface area contributed by atoms with E-state index in [1.165, 1.54) is 19.2 Å². The Morgan fingerprint density at radius 2 is 1.77 bits per heavy atom. The van der Waals surface area contributed by atoms with Crippen molar-refractivity contribution in [1.82, 2.24) is 0 Å². The van der Waals surface area contributed by atoms with Crippen LogP contribution >= 0.6 is 0 Å². The highest BCUT2D eigenvalue weighted by Crippen LogP contribution is 2.25. The molecule has 5 heteroatoms. The van der Waals surface area contributed by atoms with Crippen molar-refractivity contribution in [3.8, 4) is 11.5 Å². The topological polar surface area (TPSA) is 72.8 Å². The molecule has 0 saturated heterocycles. The van der Waals surface area contributed by atoms with Crippen molar-refractivity contribution >= 4 is 11.6 Å². The first-order valence-corrected chi connectivity index (χ1v) is 6.68. The summed E-state index contributed by atoms with van der Waals surface area (Å²) in [6, 6.07) is 12.9. The van der Waals surface area contributed by atoms with Gasteiger partial charge in [-0.3, -0.25) is 9.59 Å². The standard InChI is InChI=1S/C17H16O5/c1-21-11-22-13-7-8-14(16(19)9-13)17(20)10-15(18)12-5-3-2-4-6-12/h2-9,19H,10-11H2,1H3. The van der Waals surface area contributed by atoms with Gasteiger partial charge in [0.1, 0.15) is 11.5 Å². The smallest absolute Gasteiger partial charge is 0.188 e. The minimum Gasteiger partial charge on any atom is -0.507 e. The van der Waals surface area contributed by atoms with Gasteiger partial charge < -0.3 is 14.6 Å². The second-order valence-corrected chi connectivity index (χ2v) is 4.62. The maximum absolute atomic E-state index is 12.1. The molecule has 0 aliphatic rings. The molecule has 0 bridgehead atoms. The molecule has 0 heterocycles. The molecule has 22 heavy (non-hydrogen) atoms. The molecule has 0 saturated carbocycles. The molecule has 1 N–H and O–H groups in total. The first-order chi connectivity index (χ1) is 10.6. The molecule has 0 atom stereocenters. The van der Waals surface area contributed by atoms with Crippen LogP contribution in [0.4, 0.5) is 0 Å². The molecule has 2 aromatic carbocycles. The molecule has 0 amide bonds. The normalized spacial score (nSPS) is 10.2. The number of hydrogen-bond acceptors (Lipinski definition) is 5. The van der Waals surface area contributed by atoms with Crippen LogP contribution in [-0.4, -0.2) is 30.6 Å². The summed E-state index contributed by atoms with van der Waals surface area (Å²) < 4.78 is 9.91. The Kier molecular flexibility index (Phi) is 5.27. The fourth-order valence-electron chi connectivity index (χ4n) is 1.93. The van der Waals surface area contributed by atoms with Crippen molar-refractivity contribution < 1.29 is 24.2 Å². The molecule has 2 rings (SSSR count). The summed E-state index contributed by atoms with van der Waals surface area (Å²) in [6.45, 7) is 0.0409. The molecule has 0 fully saturated rings. The predicted octanol–water partition coefficient (Wildman–Crippen LogP) is 2.83. The lowest BCUT2D eigenvalue weighted by atomic mass is 10.0. The third-order valence-electron chi connectivity index (χ3n) is 3.03. The van der Waals surface area contributed by atoms with E-state index < -0.39 is 5.78 Å². The lowest BCUT2D eigenvalue weighted by molar-refractivity contribution is 0.0510. The van der Waals surface area contributed by atoms with Gasteiger partial charge in [0.25, 0.3) is 0 Å². The number of aromatic hydroxyl groups is 1. The summed E-state index contributed by atoms with van der Waals surface area (Å²) in [6.07, 6.45) is -0.296. The highest BCUT2D eigenvalue weighted by atomic mass is 16.7. The van der Waals surface area contributed by atoms with Crippen molar-refractivity contribution in [3.05, 3.63) is 59.7 Å². The van der Waals surface area contributed by atoms with Gasteiger partial charge in [0.2, 0.25) is 0 Å². The first kappa shape index (κ1) is 15.7. The van der Waals surface area contributed by atoms with Gasteiger partial charge in [-0.05, 0) is 12.1 Å². The number of carbonyl (C=O) groups excluding carboxylic acids is 2. The number of rotatable bonds is 7. The lowest BCUT2D eigenvalue weighted by Gasteiger charge is -2.08. The van der Waals surface area contributed by atoms with Gasteiger partial charge in [-0.2, -0.15) is 0 Å². The predicted molar refractivity (Wildman–Crippen MR) is 80.3 cm³/mol. The number of ketones is 2. The molecule has 0 aromatic heterocycles. The van der Waals surface area contributed by atoms with E-state index in [0.717, 1.165) is 0 Å². The zero-order valence-corrected chi connectivity index (χ0v) is 12.1. The monoisotopic (exact) mass is 300 g/mol. The number of methoxy groups -OCH3 is 1. The Hall–Kier alpha value is -2.66. The molecule has 0 spiro atoms. The Morgan fingerprint density at radius 1 is 1.05 bits per heavy atom. The summed E-state index contributed by atoms with van der Waals surface area (Å²) in [7, 11) is 1.48. The quantitative estimate of drug-likeness (QED) is 0.483. The van der Waals surface area contributed by atoms with Gasteiger partial charge >= 0.3 is 0 Å². The Labute approximate surface area is 128 Å². The summed E-state index contributed by atoms with van der Waals surface area (Å²) >= 11 is 0. The maximum atomic E-state index is 12.1. The van der Waals surface area contributed by atoms with Crippen LogP contribution < -0.4 is 4.74 Å². The van der Waals surface area contributed by atoms with Crippen LogP contribution in [0.2, 0.25) is 0 Å². The number of hydrogen-bond donors (Lipinski definition) is 1. The van der Waals surface area contributed by atoms with E-state index in [2.05, 4.69) is 0 Å². The number of Topliss-reactive ketones (excluding diaryl/α,β-unsaturated/α-hetero) is 2. The maximum Gasteiger partial charge on any atom is 0.188 e. The lowest BCUT2D eigenvalue weighted by Crippen LogP contribution is -2.09. The van der Waals surface area contributed by atoms with E-state index in [1.807, 2.05) is 0 Å². The van der Waals surface area contributed by atoms with Crippen molar-refractivity contribution in [2.45, 2.75) is 6.42 Å². The van der Waals surface area contributed by atoms with Gasteiger partial charge in [0.15, 0.2) is 18.4 Å². The van der Waals surface area contributed by atoms with Crippen LogP contribution in [0, 0.1) is 0 Å². The van der Waals surface area contributed by atoms with Crippen LogP contribution in [0.3, 0.4) is 0 Å². The highest BCUT2D eigenvalue weighted by Gasteiger charge is 2.17. The first-order valence-electron chi connectivity index (χ1n) is 6.68. The Bertz CT molecular complexity index is 664. The van der Waals surface area contributed by atoms with E-state index in [0.29, 0.717) is 11.3 Å². The molecule has 0 aliphatic carbocycles. The third kappa shape index (κ3) is 3.93. The largest absolute Gasteiger partial charge is 0.507 e. The van der Waals surface area contributed by atoms with Crippen molar-refractivity contribution in [3.63, 3.8) is 0 Å². The zero-order valence-electron chi connectivity index (χ0n) is 12.1. The molecule has 114 valence electrons. The molecular formula is C17H16O5. The van der Waals surface area contributed by atoms with Crippen LogP contribution in [0.5, 0.6) is 11.5 Å². The second-order valence-electron chi connectivity index (χ2n) is 4.62. The third-order valence-corrected chi connectivity index (χ3v) is 3.03.